The molecule has 9 nitrogen and oxygen atoms in total. The van der Waals surface area contributed by atoms with Crippen LogP contribution in [0.5, 0.6) is 0 Å². The first-order valence-electron chi connectivity index (χ1n) is 9.41. The fourth-order valence-corrected chi connectivity index (χ4v) is 2.57. The van der Waals surface area contributed by atoms with E-state index >= 15 is 0 Å². The summed E-state index contributed by atoms with van der Waals surface area (Å²) in [7, 11) is 3.44. The second kappa shape index (κ2) is 10.9. The van der Waals surface area contributed by atoms with Crippen molar-refractivity contribution < 1.29 is 13.9 Å². The molecule has 2 heterocycles. The molecule has 1 fully saturated rings. The number of nitrogens with zero attached hydrogens (tertiary/aromatic N) is 4. The summed E-state index contributed by atoms with van der Waals surface area (Å²) in [5.74, 6) is 1.95. The quantitative estimate of drug-likeness (QED) is 0.376. The summed E-state index contributed by atoms with van der Waals surface area (Å²) in [6.45, 7) is 9.68. The molecule has 0 saturated carbocycles. The lowest BCUT2D eigenvalue weighted by molar-refractivity contribution is -0.127. The normalized spacial score (nSPS) is 15.6. The number of hydrogen-bond acceptors (Lipinski definition) is 6. The van der Waals surface area contributed by atoms with Crippen molar-refractivity contribution in [3.63, 3.8) is 0 Å². The molecule has 0 aliphatic carbocycles. The number of aliphatic imine (C=N–C) groups is 1. The molecule has 1 aromatic heterocycles. The van der Waals surface area contributed by atoms with Gasteiger partial charge in [-0.25, -0.2) is 9.98 Å². The lowest BCUT2D eigenvalue weighted by Gasteiger charge is -2.26. The highest BCUT2D eigenvalue weighted by molar-refractivity contribution is 5.84. The van der Waals surface area contributed by atoms with E-state index in [0.717, 1.165) is 57.3 Å². The van der Waals surface area contributed by atoms with Gasteiger partial charge in [0.25, 0.3) is 0 Å². The maximum absolute atomic E-state index is 11.8. The lowest BCUT2D eigenvalue weighted by atomic mass is 10.3. The van der Waals surface area contributed by atoms with Gasteiger partial charge in [-0.05, 0) is 26.8 Å². The molecule has 0 aromatic carbocycles. The summed E-state index contributed by atoms with van der Waals surface area (Å²) in [4.78, 5) is 24.5. The first-order chi connectivity index (χ1) is 13.0. The van der Waals surface area contributed by atoms with Gasteiger partial charge >= 0.3 is 0 Å². The molecule has 1 aromatic rings. The van der Waals surface area contributed by atoms with Crippen LogP contribution in [0, 0.1) is 13.8 Å². The molecule has 1 aliphatic rings. The molecule has 152 valence electrons. The van der Waals surface area contributed by atoms with Crippen molar-refractivity contribution in [3.8, 4) is 0 Å². The highest BCUT2D eigenvalue weighted by Crippen LogP contribution is 2.07. The van der Waals surface area contributed by atoms with Crippen LogP contribution >= 0.6 is 0 Å². The standard InChI is InChI=1S/C18H32N6O3/c1-14-15(2)27-16(22-14)12-20-18(21-13-17(25)23(3)4)19-6-5-7-24-8-10-26-11-9-24/h5-13H2,1-4H3,(H2,19,20,21). The third-order valence-electron chi connectivity index (χ3n) is 4.40. The van der Waals surface area contributed by atoms with Crippen LogP contribution in [-0.4, -0.2) is 86.7 Å². The van der Waals surface area contributed by atoms with Gasteiger partial charge in [-0.1, -0.05) is 0 Å². The average molecular weight is 380 g/mol. The van der Waals surface area contributed by atoms with Crippen LogP contribution in [0.3, 0.4) is 0 Å². The van der Waals surface area contributed by atoms with Crippen molar-refractivity contribution >= 4 is 11.9 Å². The Kier molecular flexibility index (Phi) is 8.53. The van der Waals surface area contributed by atoms with E-state index < -0.39 is 0 Å². The summed E-state index contributed by atoms with van der Waals surface area (Å²) in [6.07, 6.45) is 0.986. The largest absolute Gasteiger partial charge is 0.444 e. The van der Waals surface area contributed by atoms with Crippen LogP contribution in [0.2, 0.25) is 0 Å². The molecule has 0 radical (unpaired) electrons. The molecule has 2 rings (SSSR count). The van der Waals surface area contributed by atoms with Crippen LogP contribution in [0.4, 0.5) is 0 Å². The molecular formula is C18H32N6O3. The first-order valence-corrected chi connectivity index (χ1v) is 9.41. The van der Waals surface area contributed by atoms with E-state index in [-0.39, 0.29) is 12.5 Å². The smallest absolute Gasteiger partial charge is 0.243 e. The Bertz CT molecular complexity index is 603. The Morgan fingerprint density at radius 2 is 2.00 bits per heavy atom. The van der Waals surface area contributed by atoms with Gasteiger partial charge in [0.1, 0.15) is 12.3 Å². The number of amides is 1. The van der Waals surface area contributed by atoms with Gasteiger partial charge < -0.3 is 24.7 Å². The second-order valence-electron chi connectivity index (χ2n) is 6.79. The molecular weight excluding hydrogens is 348 g/mol. The fraction of sp³-hybridized carbons (Fsp3) is 0.722. The van der Waals surface area contributed by atoms with Crippen molar-refractivity contribution in [2.75, 3.05) is 60.0 Å². The molecule has 0 unspecified atom stereocenters. The van der Waals surface area contributed by atoms with Gasteiger partial charge in [0, 0.05) is 33.7 Å². The van der Waals surface area contributed by atoms with Crippen molar-refractivity contribution in [1.29, 1.82) is 0 Å². The predicted molar refractivity (Wildman–Crippen MR) is 104 cm³/mol. The molecule has 0 spiro atoms. The van der Waals surface area contributed by atoms with Gasteiger partial charge in [0.2, 0.25) is 11.8 Å². The van der Waals surface area contributed by atoms with Crippen molar-refractivity contribution in [1.82, 2.24) is 25.4 Å². The van der Waals surface area contributed by atoms with Crippen LogP contribution < -0.4 is 10.6 Å². The van der Waals surface area contributed by atoms with E-state index in [0.29, 0.717) is 18.4 Å². The monoisotopic (exact) mass is 380 g/mol. The highest BCUT2D eigenvalue weighted by Gasteiger charge is 2.11. The molecule has 0 bridgehead atoms. The van der Waals surface area contributed by atoms with E-state index in [4.69, 9.17) is 9.15 Å². The summed E-state index contributed by atoms with van der Waals surface area (Å²) in [6, 6.07) is 0. The van der Waals surface area contributed by atoms with Crippen LogP contribution in [0.1, 0.15) is 23.8 Å². The number of guanidine groups is 1. The number of carbonyl (C=O) groups is 1. The number of aryl methyl sites for hydroxylation is 2. The van der Waals surface area contributed by atoms with E-state index in [9.17, 15) is 4.79 Å². The number of oxazole rings is 1. The Balaban J connectivity index is 1.82. The van der Waals surface area contributed by atoms with Gasteiger partial charge in [-0.2, -0.15) is 0 Å². The van der Waals surface area contributed by atoms with Crippen LogP contribution in [0.15, 0.2) is 9.41 Å². The minimum Gasteiger partial charge on any atom is -0.444 e. The topological polar surface area (TPSA) is 95.2 Å². The Morgan fingerprint density at radius 3 is 2.63 bits per heavy atom. The number of nitrogens with one attached hydrogen (secondary N) is 2. The first kappa shape index (κ1) is 21.2. The highest BCUT2D eigenvalue weighted by atomic mass is 16.5. The Labute approximate surface area is 161 Å². The SMILES string of the molecule is Cc1nc(CNC(=NCC(=O)N(C)C)NCCCN2CCOCC2)oc1C. The van der Waals surface area contributed by atoms with Gasteiger partial charge in [0.05, 0.1) is 25.5 Å². The number of carbonyl (C=O) groups excluding carboxylic acids is 1. The maximum Gasteiger partial charge on any atom is 0.243 e. The number of ether oxygens (including phenoxy) is 1. The summed E-state index contributed by atoms with van der Waals surface area (Å²) < 4.78 is 10.9. The predicted octanol–water partition coefficient (Wildman–Crippen LogP) is 0.137. The Morgan fingerprint density at radius 1 is 1.26 bits per heavy atom. The summed E-state index contributed by atoms with van der Waals surface area (Å²) in [5.41, 5.74) is 0.881. The number of morpholine rings is 1. The molecule has 1 aliphatic heterocycles. The zero-order chi connectivity index (χ0) is 19.6. The van der Waals surface area contributed by atoms with E-state index in [1.165, 1.54) is 4.90 Å². The average Bonchev–Trinajstić information content (AvgIpc) is 2.98. The van der Waals surface area contributed by atoms with Crippen LogP contribution in [0.25, 0.3) is 0 Å². The molecule has 1 amide bonds. The van der Waals surface area contributed by atoms with Crippen molar-refractivity contribution in [3.05, 3.63) is 17.3 Å². The molecule has 27 heavy (non-hydrogen) atoms. The van der Waals surface area contributed by atoms with Gasteiger partial charge in [0.15, 0.2) is 5.96 Å². The lowest BCUT2D eigenvalue weighted by Crippen LogP contribution is -2.41. The third kappa shape index (κ3) is 7.56. The number of aromatic nitrogens is 1. The van der Waals surface area contributed by atoms with Gasteiger partial charge in [-0.3, -0.25) is 9.69 Å². The summed E-state index contributed by atoms with van der Waals surface area (Å²) in [5, 5.41) is 6.47. The van der Waals surface area contributed by atoms with Crippen molar-refractivity contribution in [2.45, 2.75) is 26.8 Å². The maximum atomic E-state index is 11.8. The summed E-state index contributed by atoms with van der Waals surface area (Å²) >= 11 is 0. The third-order valence-corrected chi connectivity index (χ3v) is 4.40. The zero-order valence-electron chi connectivity index (χ0n) is 16.9. The van der Waals surface area contributed by atoms with Gasteiger partial charge in [-0.15, -0.1) is 0 Å². The second-order valence-corrected chi connectivity index (χ2v) is 6.79. The minimum absolute atomic E-state index is 0.0489. The van der Waals surface area contributed by atoms with Crippen molar-refractivity contribution in [2.24, 2.45) is 4.99 Å². The number of likely N-dealkylation sites (N-methyl/N-ethyl adjacent to an activating group) is 1. The Hall–Kier alpha value is -2.13. The molecule has 9 heteroatoms. The molecule has 0 atom stereocenters. The number of rotatable bonds is 8. The fourth-order valence-electron chi connectivity index (χ4n) is 2.57. The van der Waals surface area contributed by atoms with Crippen LogP contribution in [-0.2, 0) is 16.1 Å². The molecule has 2 N–H and O–H groups in total. The van der Waals surface area contributed by atoms with E-state index in [2.05, 4.69) is 25.5 Å². The zero-order valence-corrected chi connectivity index (χ0v) is 16.9. The minimum atomic E-state index is -0.0489. The molecule has 1 saturated heterocycles. The van der Waals surface area contributed by atoms with E-state index in [1.807, 2.05) is 13.8 Å². The number of hydrogen-bond donors (Lipinski definition) is 2. The van der Waals surface area contributed by atoms with E-state index in [1.54, 1.807) is 14.1 Å².